The predicted molar refractivity (Wildman–Crippen MR) is 139 cm³/mol. The maximum absolute atomic E-state index is 12.3. The number of ether oxygens (including phenoxy) is 3. The van der Waals surface area contributed by atoms with Gasteiger partial charge in [-0.25, -0.2) is 5.43 Å². The van der Waals surface area contributed by atoms with Crippen LogP contribution in [0.5, 0.6) is 17.2 Å². The molecule has 0 aliphatic carbocycles. The number of carbonyl (C=O) groups is 1. The Hall–Kier alpha value is -2.49. The third-order valence-electron chi connectivity index (χ3n) is 4.45. The Balaban J connectivity index is 1.66. The van der Waals surface area contributed by atoms with Crippen molar-refractivity contribution in [3.05, 3.63) is 84.9 Å². The molecular weight excluding hydrogens is 578 g/mol. The van der Waals surface area contributed by atoms with E-state index in [1.807, 2.05) is 19.1 Å². The Morgan fingerprint density at radius 3 is 2.52 bits per heavy atom. The van der Waals surface area contributed by atoms with E-state index in [0.717, 1.165) is 14.7 Å². The quantitative estimate of drug-likeness (QED) is 0.177. The molecule has 33 heavy (non-hydrogen) atoms. The van der Waals surface area contributed by atoms with Crippen molar-refractivity contribution in [3.8, 4) is 17.2 Å². The number of methoxy groups -OCH3 is 1. The third kappa shape index (κ3) is 6.99. The van der Waals surface area contributed by atoms with Gasteiger partial charge in [0.2, 0.25) is 0 Å². The molecule has 6 nitrogen and oxygen atoms in total. The Labute approximate surface area is 216 Å². The second-order valence-electron chi connectivity index (χ2n) is 6.72. The third-order valence-corrected chi connectivity index (χ3v) is 5.83. The van der Waals surface area contributed by atoms with E-state index in [-0.39, 0.29) is 12.5 Å². The van der Waals surface area contributed by atoms with Crippen LogP contribution in [0.15, 0.2) is 59.7 Å². The van der Waals surface area contributed by atoms with Crippen molar-refractivity contribution in [3.63, 3.8) is 0 Å². The molecule has 3 aromatic rings. The van der Waals surface area contributed by atoms with Crippen LogP contribution in [0.3, 0.4) is 0 Å². The van der Waals surface area contributed by atoms with Crippen molar-refractivity contribution in [2.24, 2.45) is 5.10 Å². The molecule has 0 aliphatic rings. The summed E-state index contributed by atoms with van der Waals surface area (Å²) in [5, 5.41) is 5.15. The Kier molecular flexibility index (Phi) is 9.22. The average molecular weight is 599 g/mol. The summed E-state index contributed by atoms with van der Waals surface area (Å²) in [5.74, 6) is 1.50. The number of halogens is 3. The van der Waals surface area contributed by atoms with Crippen molar-refractivity contribution in [2.75, 3.05) is 13.7 Å². The Bertz CT molecular complexity index is 1150. The number of nitrogens with one attached hydrogen (secondary N) is 1. The van der Waals surface area contributed by atoms with Crippen molar-refractivity contribution in [1.29, 1.82) is 0 Å². The molecule has 1 N–H and O–H groups in total. The molecule has 0 aromatic heterocycles. The van der Waals surface area contributed by atoms with Gasteiger partial charge in [-0.15, -0.1) is 0 Å². The fraction of sp³-hybridized carbons (Fsp3) is 0.167. The maximum Gasteiger partial charge on any atom is 0.271 e. The van der Waals surface area contributed by atoms with Gasteiger partial charge >= 0.3 is 0 Å². The monoisotopic (exact) mass is 598 g/mol. The summed E-state index contributed by atoms with van der Waals surface area (Å²) in [5.41, 5.74) is 4.54. The second kappa shape index (κ2) is 12.1. The Morgan fingerprint density at radius 2 is 1.85 bits per heavy atom. The van der Waals surface area contributed by atoms with Gasteiger partial charge in [-0.1, -0.05) is 29.3 Å². The Morgan fingerprint density at radius 1 is 1.09 bits per heavy atom. The van der Waals surface area contributed by atoms with Crippen LogP contribution in [-0.2, 0) is 6.61 Å². The molecule has 0 aliphatic heterocycles. The van der Waals surface area contributed by atoms with Crippen LogP contribution in [0, 0.1) is 3.57 Å². The molecule has 0 unspecified atom stereocenters. The summed E-state index contributed by atoms with van der Waals surface area (Å²) < 4.78 is 17.6. The van der Waals surface area contributed by atoms with E-state index < -0.39 is 0 Å². The number of carbonyl (C=O) groups excluding carboxylic acids is 1. The highest BCUT2D eigenvalue weighted by Crippen LogP contribution is 2.35. The first-order valence-electron chi connectivity index (χ1n) is 9.91. The van der Waals surface area contributed by atoms with E-state index >= 15 is 0 Å². The van der Waals surface area contributed by atoms with Gasteiger partial charge in [-0.3, -0.25) is 4.79 Å². The normalized spacial score (nSPS) is 10.8. The molecule has 0 fully saturated rings. The lowest BCUT2D eigenvalue weighted by atomic mass is 10.2. The molecule has 0 heterocycles. The topological polar surface area (TPSA) is 69.2 Å². The number of amides is 1. The van der Waals surface area contributed by atoms with Crippen LogP contribution in [-0.4, -0.2) is 25.8 Å². The van der Waals surface area contributed by atoms with E-state index in [1.165, 1.54) is 6.21 Å². The van der Waals surface area contributed by atoms with Crippen LogP contribution < -0.4 is 19.6 Å². The van der Waals surface area contributed by atoms with Gasteiger partial charge in [0.15, 0.2) is 11.5 Å². The minimum Gasteiger partial charge on any atom is -0.494 e. The minimum absolute atomic E-state index is 0.258. The van der Waals surface area contributed by atoms with E-state index in [2.05, 4.69) is 33.1 Å². The van der Waals surface area contributed by atoms with Crippen LogP contribution in [0.4, 0.5) is 0 Å². The van der Waals surface area contributed by atoms with E-state index in [9.17, 15) is 4.79 Å². The molecule has 3 aromatic carbocycles. The summed E-state index contributed by atoms with van der Waals surface area (Å²) in [6.07, 6.45) is 1.54. The minimum atomic E-state index is -0.323. The van der Waals surface area contributed by atoms with Crippen molar-refractivity contribution in [1.82, 2.24) is 5.43 Å². The smallest absolute Gasteiger partial charge is 0.271 e. The van der Waals surface area contributed by atoms with Crippen LogP contribution in [0.25, 0.3) is 0 Å². The zero-order chi connectivity index (χ0) is 23.8. The number of rotatable bonds is 9. The number of hydrazone groups is 1. The lowest BCUT2D eigenvalue weighted by Gasteiger charge is -2.14. The summed E-state index contributed by atoms with van der Waals surface area (Å²) in [6, 6.07) is 15.7. The molecule has 3 rings (SSSR count). The van der Waals surface area contributed by atoms with Gasteiger partial charge in [-0.05, 0) is 83.6 Å². The molecule has 1 amide bonds. The van der Waals surface area contributed by atoms with Gasteiger partial charge in [-0.2, -0.15) is 5.10 Å². The molecule has 0 saturated heterocycles. The fourth-order valence-electron chi connectivity index (χ4n) is 2.84. The van der Waals surface area contributed by atoms with Crippen molar-refractivity contribution >= 4 is 57.9 Å². The maximum atomic E-state index is 12.3. The lowest BCUT2D eigenvalue weighted by molar-refractivity contribution is 0.0955. The van der Waals surface area contributed by atoms with Crippen LogP contribution >= 0.6 is 45.8 Å². The summed E-state index contributed by atoms with van der Waals surface area (Å²) in [4.78, 5) is 12.3. The molecule has 172 valence electrons. The zero-order valence-corrected chi connectivity index (χ0v) is 21.6. The van der Waals surface area contributed by atoms with Gasteiger partial charge in [0.05, 0.1) is 23.5 Å². The average Bonchev–Trinajstić information content (AvgIpc) is 2.79. The van der Waals surface area contributed by atoms with E-state index in [1.54, 1.807) is 49.6 Å². The molecule has 0 atom stereocenters. The molecular formula is C24H21Cl2IN2O4. The van der Waals surface area contributed by atoms with Gasteiger partial charge < -0.3 is 14.2 Å². The lowest BCUT2D eigenvalue weighted by Crippen LogP contribution is -2.17. The van der Waals surface area contributed by atoms with Gasteiger partial charge in [0, 0.05) is 21.2 Å². The molecule has 0 saturated carbocycles. The largest absolute Gasteiger partial charge is 0.494 e. The highest BCUT2D eigenvalue weighted by Gasteiger charge is 2.13. The van der Waals surface area contributed by atoms with Crippen molar-refractivity contribution < 1.29 is 19.0 Å². The first kappa shape index (κ1) is 25.1. The molecule has 0 bridgehead atoms. The van der Waals surface area contributed by atoms with Crippen LogP contribution in [0.1, 0.15) is 28.4 Å². The summed E-state index contributed by atoms with van der Waals surface area (Å²) in [6.45, 7) is 2.73. The molecule has 0 radical (unpaired) electrons. The first-order chi connectivity index (χ1) is 15.9. The summed E-state index contributed by atoms with van der Waals surface area (Å²) in [7, 11) is 1.56. The number of benzene rings is 3. The molecule has 9 heteroatoms. The highest BCUT2D eigenvalue weighted by atomic mass is 127. The number of hydrogen-bond donors (Lipinski definition) is 1. The standard InChI is InChI=1S/C24H21Cl2IN2O4/c1-3-32-19-8-5-16(6-9-19)24(30)29-28-13-15-10-21(27)23(22(11-15)31-2)33-14-17-4-7-18(25)12-20(17)26/h4-13H,3,14H2,1-2H3,(H,29,30)/b28-13-. The first-order valence-corrected chi connectivity index (χ1v) is 11.7. The SMILES string of the molecule is CCOc1ccc(C(=O)N/N=C\c2cc(I)c(OCc3ccc(Cl)cc3Cl)c(OC)c2)cc1. The highest BCUT2D eigenvalue weighted by molar-refractivity contribution is 14.1. The van der Waals surface area contributed by atoms with Gasteiger partial charge in [0.25, 0.3) is 5.91 Å². The van der Waals surface area contributed by atoms with Crippen LogP contribution in [0.2, 0.25) is 10.0 Å². The predicted octanol–water partition coefficient (Wildman–Crippen LogP) is 6.35. The molecule has 0 spiro atoms. The number of nitrogens with zero attached hydrogens (tertiary/aromatic N) is 1. The zero-order valence-electron chi connectivity index (χ0n) is 17.9. The van der Waals surface area contributed by atoms with E-state index in [0.29, 0.717) is 39.5 Å². The fourth-order valence-corrected chi connectivity index (χ4v) is 4.09. The van der Waals surface area contributed by atoms with Gasteiger partial charge in [0.1, 0.15) is 12.4 Å². The second-order valence-corrected chi connectivity index (χ2v) is 8.72. The van der Waals surface area contributed by atoms with E-state index in [4.69, 9.17) is 37.4 Å². The van der Waals surface area contributed by atoms with Crippen molar-refractivity contribution in [2.45, 2.75) is 13.5 Å². The summed E-state index contributed by atoms with van der Waals surface area (Å²) >= 11 is 14.3. The number of hydrogen-bond acceptors (Lipinski definition) is 5.